The van der Waals surface area contributed by atoms with E-state index in [1.165, 1.54) is 29.9 Å². The fourth-order valence-electron chi connectivity index (χ4n) is 4.87. The van der Waals surface area contributed by atoms with Crippen molar-refractivity contribution in [2.45, 2.75) is 57.2 Å². The Morgan fingerprint density at radius 2 is 1.78 bits per heavy atom. The Kier molecular flexibility index (Phi) is 7.51. The van der Waals surface area contributed by atoms with E-state index < -0.39 is 11.9 Å². The molecule has 1 N–H and O–H groups in total. The van der Waals surface area contributed by atoms with Gasteiger partial charge >= 0.3 is 0 Å². The lowest BCUT2D eigenvalue weighted by Gasteiger charge is -2.33. The molecular formula is C28H29FN2O4S. The van der Waals surface area contributed by atoms with E-state index in [0.29, 0.717) is 17.1 Å². The molecular weight excluding hydrogens is 479 g/mol. The minimum absolute atomic E-state index is 0.0774. The highest BCUT2D eigenvalue weighted by Gasteiger charge is 2.33. The zero-order chi connectivity index (χ0) is 24.9. The molecule has 1 atom stereocenters. The van der Waals surface area contributed by atoms with Crippen LogP contribution in [0.5, 0.6) is 11.5 Å². The quantitative estimate of drug-likeness (QED) is 0.444. The number of hydrogen-bond acceptors (Lipinski definition) is 5. The average molecular weight is 509 g/mol. The molecule has 0 bridgehead atoms. The van der Waals surface area contributed by atoms with Gasteiger partial charge in [0.2, 0.25) is 18.6 Å². The summed E-state index contributed by atoms with van der Waals surface area (Å²) < 4.78 is 24.8. The normalized spacial score (nSPS) is 15.9. The largest absolute Gasteiger partial charge is 0.454 e. The SMILES string of the molecule is O=C(NC1CCCCC1)[C@H](c1ccc(F)cc1)N(Cc1ccc2c(c1)OCO2)C(=O)Cc1ccsc1. The summed E-state index contributed by atoms with van der Waals surface area (Å²) in [6, 6.07) is 12.5. The van der Waals surface area contributed by atoms with Crippen molar-refractivity contribution in [1.82, 2.24) is 10.2 Å². The van der Waals surface area contributed by atoms with Crippen LogP contribution in [-0.2, 0) is 22.6 Å². The van der Waals surface area contributed by atoms with Gasteiger partial charge in [0.15, 0.2) is 11.5 Å². The minimum Gasteiger partial charge on any atom is -0.454 e. The highest BCUT2D eigenvalue weighted by Crippen LogP contribution is 2.34. The molecule has 1 aliphatic carbocycles. The number of nitrogens with zero attached hydrogens (tertiary/aromatic N) is 1. The zero-order valence-electron chi connectivity index (χ0n) is 20.0. The van der Waals surface area contributed by atoms with Gasteiger partial charge in [-0.1, -0.05) is 37.5 Å². The van der Waals surface area contributed by atoms with E-state index in [4.69, 9.17) is 9.47 Å². The van der Waals surface area contributed by atoms with E-state index in [1.54, 1.807) is 17.0 Å². The summed E-state index contributed by atoms with van der Waals surface area (Å²) in [5.41, 5.74) is 2.28. The molecule has 8 heteroatoms. The molecule has 1 saturated carbocycles. The van der Waals surface area contributed by atoms with Gasteiger partial charge in [-0.15, -0.1) is 0 Å². The second-order valence-corrected chi connectivity index (χ2v) is 10.1. The third-order valence-electron chi connectivity index (χ3n) is 6.74. The summed E-state index contributed by atoms with van der Waals surface area (Å²) in [7, 11) is 0. The fourth-order valence-corrected chi connectivity index (χ4v) is 5.54. The maximum absolute atomic E-state index is 13.8. The fraction of sp³-hybridized carbons (Fsp3) is 0.357. The standard InChI is InChI=1S/C28H29FN2O4S/c29-22-9-7-21(8-10-22)27(28(33)30-23-4-2-1-3-5-23)31(26(32)15-20-12-13-36-17-20)16-19-6-11-24-25(14-19)35-18-34-24/h6-14,17,23,27H,1-5,15-16,18H2,(H,30,33)/t27-/m0/s1. The molecule has 5 rings (SSSR count). The van der Waals surface area contributed by atoms with E-state index in [0.717, 1.165) is 36.8 Å². The van der Waals surface area contributed by atoms with Crippen LogP contribution in [0.15, 0.2) is 59.3 Å². The summed E-state index contributed by atoms with van der Waals surface area (Å²) in [5, 5.41) is 7.05. The number of amides is 2. The molecule has 0 saturated heterocycles. The molecule has 36 heavy (non-hydrogen) atoms. The van der Waals surface area contributed by atoms with Gasteiger partial charge in [-0.25, -0.2) is 4.39 Å². The second kappa shape index (κ2) is 11.1. The van der Waals surface area contributed by atoms with E-state index >= 15 is 0 Å². The zero-order valence-corrected chi connectivity index (χ0v) is 20.8. The first-order valence-electron chi connectivity index (χ1n) is 12.3. The second-order valence-electron chi connectivity index (χ2n) is 9.32. The van der Waals surface area contributed by atoms with Gasteiger partial charge in [-0.05, 0) is 70.6 Å². The van der Waals surface area contributed by atoms with Crippen molar-refractivity contribution in [2.75, 3.05) is 6.79 Å². The highest BCUT2D eigenvalue weighted by molar-refractivity contribution is 7.08. The summed E-state index contributed by atoms with van der Waals surface area (Å²) in [6.45, 7) is 0.349. The topological polar surface area (TPSA) is 67.9 Å². The third-order valence-corrected chi connectivity index (χ3v) is 7.48. The van der Waals surface area contributed by atoms with Crippen LogP contribution in [0, 0.1) is 5.82 Å². The maximum Gasteiger partial charge on any atom is 0.247 e. The smallest absolute Gasteiger partial charge is 0.247 e. The number of rotatable bonds is 8. The van der Waals surface area contributed by atoms with Crippen LogP contribution in [0.3, 0.4) is 0 Å². The van der Waals surface area contributed by atoms with Crippen LogP contribution in [0.1, 0.15) is 54.8 Å². The monoisotopic (exact) mass is 508 g/mol. The average Bonchev–Trinajstić information content (AvgIpc) is 3.57. The van der Waals surface area contributed by atoms with Crippen molar-refractivity contribution in [2.24, 2.45) is 0 Å². The van der Waals surface area contributed by atoms with Gasteiger partial charge in [0.25, 0.3) is 0 Å². The molecule has 1 aliphatic heterocycles. The van der Waals surface area contributed by atoms with Gasteiger partial charge in [-0.2, -0.15) is 11.3 Å². The number of benzene rings is 2. The molecule has 1 aromatic heterocycles. The molecule has 2 heterocycles. The molecule has 3 aromatic rings. The summed E-state index contributed by atoms with van der Waals surface area (Å²) in [5.74, 6) is 0.451. The number of nitrogens with one attached hydrogen (secondary N) is 1. The first kappa shape index (κ1) is 24.3. The highest BCUT2D eigenvalue weighted by atomic mass is 32.1. The predicted octanol–water partition coefficient (Wildman–Crippen LogP) is 5.38. The lowest BCUT2D eigenvalue weighted by Crippen LogP contribution is -2.47. The van der Waals surface area contributed by atoms with E-state index in [2.05, 4.69) is 5.32 Å². The van der Waals surface area contributed by atoms with Gasteiger partial charge in [0.1, 0.15) is 11.9 Å². The van der Waals surface area contributed by atoms with Crippen molar-refractivity contribution < 1.29 is 23.5 Å². The predicted molar refractivity (Wildman–Crippen MR) is 135 cm³/mol. The number of thiophene rings is 1. The van der Waals surface area contributed by atoms with Gasteiger partial charge in [-0.3, -0.25) is 9.59 Å². The third kappa shape index (κ3) is 5.70. The number of ether oxygens (including phenoxy) is 2. The Bertz CT molecular complexity index is 1190. The van der Waals surface area contributed by atoms with E-state index in [1.807, 2.05) is 35.0 Å². The number of halogens is 1. The first-order valence-corrected chi connectivity index (χ1v) is 13.3. The number of hydrogen-bond donors (Lipinski definition) is 1. The summed E-state index contributed by atoms with van der Waals surface area (Å²) in [6.07, 6.45) is 5.33. The van der Waals surface area contributed by atoms with Crippen molar-refractivity contribution >= 4 is 23.2 Å². The summed E-state index contributed by atoms with van der Waals surface area (Å²) in [4.78, 5) is 29.1. The molecule has 0 unspecified atom stereocenters. The van der Waals surface area contributed by atoms with Crippen molar-refractivity contribution in [3.8, 4) is 11.5 Å². The first-order chi connectivity index (χ1) is 17.6. The maximum atomic E-state index is 13.8. The van der Waals surface area contributed by atoms with Crippen LogP contribution < -0.4 is 14.8 Å². The number of carbonyl (C=O) groups is 2. The van der Waals surface area contributed by atoms with Crippen LogP contribution in [-0.4, -0.2) is 29.5 Å². The molecule has 0 radical (unpaired) electrons. The molecule has 188 valence electrons. The molecule has 2 aliphatic rings. The molecule has 2 amide bonds. The van der Waals surface area contributed by atoms with Gasteiger partial charge in [0, 0.05) is 12.6 Å². The number of carbonyl (C=O) groups excluding carboxylic acids is 2. The Labute approximate surface area is 214 Å². The van der Waals surface area contributed by atoms with Crippen molar-refractivity contribution in [3.63, 3.8) is 0 Å². The molecule has 0 spiro atoms. The van der Waals surface area contributed by atoms with Gasteiger partial charge in [0.05, 0.1) is 6.42 Å². The molecule has 1 fully saturated rings. The van der Waals surface area contributed by atoms with Crippen molar-refractivity contribution in [3.05, 3.63) is 81.8 Å². The Hall–Kier alpha value is -3.39. The Morgan fingerprint density at radius 1 is 1.00 bits per heavy atom. The lowest BCUT2D eigenvalue weighted by molar-refractivity contribution is -0.141. The molecule has 2 aromatic carbocycles. The van der Waals surface area contributed by atoms with Crippen molar-refractivity contribution in [1.29, 1.82) is 0 Å². The van der Waals surface area contributed by atoms with E-state index in [-0.39, 0.29) is 37.6 Å². The minimum atomic E-state index is -0.899. The number of fused-ring (bicyclic) bond motifs is 1. The Morgan fingerprint density at radius 3 is 2.53 bits per heavy atom. The van der Waals surface area contributed by atoms with Crippen LogP contribution in [0.4, 0.5) is 4.39 Å². The van der Waals surface area contributed by atoms with Gasteiger partial charge < -0.3 is 19.7 Å². The van der Waals surface area contributed by atoms with Crippen LogP contribution in [0.2, 0.25) is 0 Å². The van der Waals surface area contributed by atoms with E-state index in [9.17, 15) is 14.0 Å². The van der Waals surface area contributed by atoms with Crippen LogP contribution in [0.25, 0.3) is 0 Å². The van der Waals surface area contributed by atoms with Crippen LogP contribution >= 0.6 is 11.3 Å². The summed E-state index contributed by atoms with van der Waals surface area (Å²) >= 11 is 1.52. The lowest BCUT2D eigenvalue weighted by atomic mass is 9.94. The molecule has 6 nitrogen and oxygen atoms in total. The Balaban J connectivity index is 1.49.